The molecular formula is C16H16ClN3O3. The molecule has 6 nitrogen and oxygen atoms in total. The van der Waals surface area contributed by atoms with Gasteiger partial charge in [-0.2, -0.15) is 5.10 Å². The molecular weight excluding hydrogens is 318 g/mol. The number of fused-ring (bicyclic) bond motifs is 1. The molecule has 1 atom stereocenters. The molecule has 1 aromatic carbocycles. The van der Waals surface area contributed by atoms with Crippen molar-refractivity contribution in [2.45, 2.75) is 19.5 Å². The van der Waals surface area contributed by atoms with Crippen LogP contribution in [0.15, 0.2) is 36.7 Å². The van der Waals surface area contributed by atoms with Crippen LogP contribution in [-0.4, -0.2) is 28.5 Å². The minimum absolute atomic E-state index is 0.0348. The molecule has 1 amide bonds. The lowest BCUT2D eigenvalue weighted by molar-refractivity contribution is -0.117. The van der Waals surface area contributed by atoms with Crippen molar-refractivity contribution < 1.29 is 14.3 Å². The predicted molar refractivity (Wildman–Crippen MR) is 86.4 cm³/mol. The highest BCUT2D eigenvalue weighted by atomic mass is 35.5. The Kier molecular flexibility index (Phi) is 4.52. The summed E-state index contributed by atoms with van der Waals surface area (Å²) in [5, 5.41) is 7.45. The van der Waals surface area contributed by atoms with Gasteiger partial charge in [-0.1, -0.05) is 11.6 Å². The van der Waals surface area contributed by atoms with Crippen molar-refractivity contribution in [3.63, 3.8) is 0 Å². The van der Waals surface area contributed by atoms with E-state index in [-0.39, 0.29) is 18.7 Å². The Bertz CT molecular complexity index is 728. The summed E-state index contributed by atoms with van der Waals surface area (Å²) in [6, 6.07) is 5.32. The van der Waals surface area contributed by atoms with Crippen molar-refractivity contribution in [3.8, 4) is 11.5 Å². The number of aromatic nitrogens is 2. The minimum atomic E-state index is -0.182. The molecule has 1 aliphatic heterocycles. The van der Waals surface area contributed by atoms with E-state index in [0.29, 0.717) is 23.1 Å². The lowest BCUT2D eigenvalue weighted by Gasteiger charge is -2.12. The second-order valence-corrected chi connectivity index (χ2v) is 5.61. The second-order valence-electron chi connectivity index (χ2n) is 5.21. The van der Waals surface area contributed by atoms with Gasteiger partial charge < -0.3 is 14.8 Å². The first-order valence-electron chi connectivity index (χ1n) is 7.17. The van der Waals surface area contributed by atoms with Crippen LogP contribution in [0, 0.1) is 0 Å². The van der Waals surface area contributed by atoms with Crippen LogP contribution in [-0.2, 0) is 11.3 Å². The third-order valence-electron chi connectivity index (χ3n) is 3.29. The highest BCUT2D eigenvalue weighted by Gasteiger charge is 2.17. The van der Waals surface area contributed by atoms with Crippen molar-refractivity contribution in [1.82, 2.24) is 15.1 Å². The van der Waals surface area contributed by atoms with E-state index in [2.05, 4.69) is 10.4 Å². The van der Waals surface area contributed by atoms with Crippen molar-refractivity contribution in [3.05, 3.63) is 47.3 Å². The fourth-order valence-corrected chi connectivity index (χ4v) is 2.55. The van der Waals surface area contributed by atoms with Crippen molar-refractivity contribution in [2.24, 2.45) is 0 Å². The number of nitrogens with zero attached hydrogens (tertiary/aromatic N) is 2. The molecule has 1 N–H and O–H groups in total. The van der Waals surface area contributed by atoms with Crippen LogP contribution >= 0.6 is 11.6 Å². The normalized spacial score (nSPS) is 14.2. The average molecular weight is 334 g/mol. The summed E-state index contributed by atoms with van der Waals surface area (Å²) in [5.41, 5.74) is 0.772. The molecule has 2 aromatic rings. The van der Waals surface area contributed by atoms with E-state index in [0.717, 1.165) is 5.56 Å². The standard InChI is InChI=1S/C16H16ClN3O3/c1-11(9-20-6-2-5-18-20)19-15(21)4-3-12-7-13(17)16-14(8-12)22-10-23-16/h2-8,11H,9-10H2,1H3,(H,19,21)/b4-3+/t11-/m0/s1. The van der Waals surface area contributed by atoms with Crippen LogP contribution in [0.25, 0.3) is 6.08 Å². The van der Waals surface area contributed by atoms with E-state index in [1.807, 2.05) is 19.2 Å². The number of benzene rings is 1. The minimum Gasteiger partial charge on any atom is -0.454 e. The predicted octanol–water partition coefficient (Wildman–Crippen LogP) is 2.48. The van der Waals surface area contributed by atoms with Gasteiger partial charge in [0, 0.05) is 24.5 Å². The van der Waals surface area contributed by atoms with Crippen LogP contribution < -0.4 is 14.8 Å². The van der Waals surface area contributed by atoms with Crippen molar-refractivity contribution in [2.75, 3.05) is 6.79 Å². The Morgan fingerprint density at radius 1 is 1.52 bits per heavy atom. The molecule has 1 aromatic heterocycles. The lowest BCUT2D eigenvalue weighted by atomic mass is 10.2. The highest BCUT2D eigenvalue weighted by Crippen LogP contribution is 2.39. The van der Waals surface area contributed by atoms with Crippen LogP contribution in [0.3, 0.4) is 0 Å². The fraction of sp³-hybridized carbons (Fsp3) is 0.250. The van der Waals surface area contributed by atoms with E-state index in [4.69, 9.17) is 21.1 Å². The Labute approximate surface area is 138 Å². The monoisotopic (exact) mass is 333 g/mol. The fourth-order valence-electron chi connectivity index (χ4n) is 2.28. The van der Waals surface area contributed by atoms with Crippen LogP contribution in [0.4, 0.5) is 0 Å². The zero-order valence-electron chi connectivity index (χ0n) is 12.5. The third-order valence-corrected chi connectivity index (χ3v) is 3.57. The Morgan fingerprint density at radius 2 is 2.39 bits per heavy atom. The topological polar surface area (TPSA) is 65.4 Å². The van der Waals surface area contributed by atoms with Crippen LogP contribution in [0.1, 0.15) is 12.5 Å². The first-order valence-corrected chi connectivity index (χ1v) is 7.55. The van der Waals surface area contributed by atoms with E-state index in [1.165, 1.54) is 6.08 Å². The van der Waals surface area contributed by atoms with Gasteiger partial charge in [-0.05, 0) is 36.8 Å². The van der Waals surface area contributed by atoms with E-state index < -0.39 is 0 Å². The summed E-state index contributed by atoms with van der Waals surface area (Å²) in [5.74, 6) is 0.948. The number of amides is 1. The molecule has 7 heteroatoms. The number of carbonyl (C=O) groups is 1. The number of rotatable bonds is 5. The lowest BCUT2D eigenvalue weighted by Crippen LogP contribution is -2.34. The van der Waals surface area contributed by atoms with Gasteiger partial charge in [0.05, 0.1) is 11.6 Å². The quantitative estimate of drug-likeness (QED) is 0.854. The molecule has 0 saturated carbocycles. The van der Waals surface area contributed by atoms with Gasteiger partial charge in [0.15, 0.2) is 11.5 Å². The number of hydrogen-bond acceptors (Lipinski definition) is 4. The molecule has 0 fully saturated rings. The molecule has 23 heavy (non-hydrogen) atoms. The molecule has 120 valence electrons. The van der Waals surface area contributed by atoms with Gasteiger partial charge in [-0.3, -0.25) is 9.48 Å². The molecule has 1 aliphatic rings. The van der Waals surface area contributed by atoms with Crippen molar-refractivity contribution in [1.29, 1.82) is 0 Å². The number of carbonyl (C=O) groups excluding carboxylic acids is 1. The summed E-state index contributed by atoms with van der Waals surface area (Å²) in [6.07, 6.45) is 6.71. The van der Waals surface area contributed by atoms with Gasteiger partial charge in [0.2, 0.25) is 12.7 Å². The summed E-state index contributed by atoms with van der Waals surface area (Å²) in [7, 11) is 0. The van der Waals surface area contributed by atoms with Gasteiger partial charge >= 0.3 is 0 Å². The molecule has 0 aliphatic carbocycles. The molecule has 2 heterocycles. The molecule has 0 saturated heterocycles. The number of ether oxygens (including phenoxy) is 2. The van der Waals surface area contributed by atoms with Crippen LogP contribution in [0.5, 0.6) is 11.5 Å². The average Bonchev–Trinajstić information content (AvgIpc) is 3.16. The Balaban J connectivity index is 1.59. The van der Waals surface area contributed by atoms with Gasteiger partial charge in [0.25, 0.3) is 0 Å². The summed E-state index contributed by atoms with van der Waals surface area (Å²) in [4.78, 5) is 12.0. The van der Waals surface area contributed by atoms with Crippen LogP contribution in [0.2, 0.25) is 5.02 Å². The first kappa shape index (κ1) is 15.4. The maximum absolute atomic E-state index is 12.0. The summed E-state index contributed by atoms with van der Waals surface area (Å²) >= 11 is 6.10. The highest BCUT2D eigenvalue weighted by molar-refractivity contribution is 6.32. The van der Waals surface area contributed by atoms with Crippen molar-refractivity contribution >= 4 is 23.6 Å². The number of nitrogens with one attached hydrogen (secondary N) is 1. The number of hydrogen-bond donors (Lipinski definition) is 1. The van der Waals surface area contributed by atoms with E-state index in [1.54, 1.807) is 29.1 Å². The maximum atomic E-state index is 12.0. The smallest absolute Gasteiger partial charge is 0.244 e. The third kappa shape index (κ3) is 3.84. The van der Waals surface area contributed by atoms with Gasteiger partial charge in [-0.15, -0.1) is 0 Å². The summed E-state index contributed by atoms with van der Waals surface area (Å²) in [6.45, 7) is 2.70. The van der Waals surface area contributed by atoms with E-state index >= 15 is 0 Å². The zero-order chi connectivity index (χ0) is 16.2. The zero-order valence-corrected chi connectivity index (χ0v) is 13.3. The molecule has 3 rings (SSSR count). The number of halogens is 1. The first-order chi connectivity index (χ1) is 11.1. The van der Waals surface area contributed by atoms with E-state index in [9.17, 15) is 4.79 Å². The summed E-state index contributed by atoms with van der Waals surface area (Å²) < 4.78 is 12.3. The van der Waals surface area contributed by atoms with Gasteiger partial charge in [0.1, 0.15) is 0 Å². The molecule has 0 bridgehead atoms. The molecule has 0 radical (unpaired) electrons. The largest absolute Gasteiger partial charge is 0.454 e. The molecule has 0 unspecified atom stereocenters. The Morgan fingerprint density at radius 3 is 3.17 bits per heavy atom. The SMILES string of the molecule is C[C@@H](Cn1cccn1)NC(=O)/C=C/c1cc(Cl)c2c(c1)OCO2. The van der Waals surface area contributed by atoms with Gasteiger partial charge in [-0.25, -0.2) is 0 Å². The maximum Gasteiger partial charge on any atom is 0.244 e. The second kappa shape index (κ2) is 6.75. The molecule has 0 spiro atoms. The Hall–Kier alpha value is -2.47.